The fraction of sp³-hybridized carbons (Fsp3) is 0.200. The molecule has 0 aliphatic rings. The zero-order valence-electron chi connectivity index (χ0n) is 12.0. The summed E-state index contributed by atoms with van der Waals surface area (Å²) in [5.41, 5.74) is 1.20. The van der Waals surface area contributed by atoms with Gasteiger partial charge in [-0.3, -0.25) is 0 Å². The topological polar surface area (TPSA) is 60.2 Å². The van der Waals surface area contributed by atoms with Crippen LogP contribution in [0.4, 0.5) is 5.13 Å². The summed E-state index contributed by atoms with van der Waals surface area (Å²) in [6.45, 7) is 0.613. The van der Waals surface area contributed by atoms with Crippen LogP contribution in [0, 0.1) is 0 Å². The molecule has 1 aromatic carbocycles. The number of nitrogens with zero attached hydrogens (tertiary/aromatic N) is 2. The number of hydrogen-bond acceptors (Lipinski definition) is 7. The first kappa shape index (κ1) is 14.9. The predicted molar refractivity (Wildman–Crippen MR) is 88.5 cm³/mol. The third-order valence-corrected chi connectivity index (χ3v) is 4.98. The van der Waals surface area contributed by atoms with Crippen LogP contribution in [-0.4, -0.2) is 17.3 Å². The quantitative estimate of drug-likeness (QED) is 0.658. The van der Waals surface area contributed by atoms with Crippen LogP contribution in [0.5, 0.6) is 5.75 Å². The van der Waals surface area contributed by atoms with Gasteiger partial charge in [-0.05, 0) is 29.8 Å². The van der Waals surface area contributed by atoms with Crippen LogP contribution in [0.25, 0.3) is 0 Å². The van der Waals surface area contributed by atoms with Crippen LogP contribution in [-0.2, 0) is 12.3 Å². The van der Waals surface area contributed by atoms with Gasteiger partial charge in [-0.25, -0.2) is 0 Å². The molecule has 5 nitrogen and oxygen atoms in total. The summed E-state index contributed by atoms with van der Waals surface area (Å²) in [5, 5.41) is 12.3. The number of rotatable bonds is 7. The van der Waals surface area contributed by atoms with E-state index in [1.54, 1.807) is 36.5 Å². The van der Waals surface area contributed by atoms with Crippen molar-refractivity contribution in [1.29, 1.82) is 0 Å². The van der Waals surface area contributed by atoms with E-state index in [9.17, 15) is 0 Å². The van der Waals surface area contributed by atoms with E-state index in [1.807, 2.05) is 30.3 Å². The first-order chi connectivity index (χ1) is 10.8. The van der Waals surface area contributed by atoms with Gasteiger partial charge in [0.15, 0.2) is 4.34 Å². The number of benzene rings is 1. The highest BCUT2D eigenvalue weighted by molar-refractivity contribution is 8.00. The number of aromatic nitrogens is 2. The van der Waals surface area contributed by atoms with Crippen LogP contribution in [0.15, 0.2) is 51.4 Å². The van der Waals surface area contributed by atoms with Crippen molar-refractivity contribution < 1.29 is 9.15 Å². The summed E-state index contributed by atoms with van der Waals surface area (Å²) in [6.07, 6.45) is 1.66. The second kappa shape index (κ2) is 7.33. The number of hydrogen-bond donors (Lipinski definition) is 1. The zero-order chi connectivity index (χ0) is 15.2. The highest BCUT2D eigenvalue weighted by Crippen LogP contribution is 2.29. The van der Waals surface area contributed by atoms with E-state index in [-0.39, 0.29) is 0 Å². The highest BCUT2D eigenvalue weighted by atomic mass is 32.2. The summed E-state index contributed by atoms with van der Waals surface area (Å²) >= 11 is 3.20. The standard InChI is InChI=1S/C15H15N3O2S2/c1-19-12-5-2-4-11(8-12)10-21-15-18-17-14(22-15)16-9-13-6-3-7-20-13/h2-8H,9-10H2,1H3,(H,16,17). The molecule has 0 saturated carbocycles. The fourth-order valence-corrected chi connectivity index (χ4v) is 3.51. The lowest BCUT2D eigenvalue weighted by Crippen LogP contribution is -1.96. The van der Waals surface area contributed by atoms with Crippen molar-refractivity contribution in [2.45, 2.75) is 16.6 Å². The number of furan rings is 1. The second-order valence-electron chi connectivity index (χ2n) is 4.45. The molecule has 0 atom stereocenters. The molecule has 3 rings (SSSR count). The van der Waals surface area contributed by atoms with Crippen LogP contribution < -0.4 is 10.1 Å². The van der Waals surface area contributed by atoms with E-state index < -0.39 is 0 Å². The Morgan fingerprint density at radius 2 is 2.23 bits per heavy atom. The fourth-order valence-electron chi connectivity index (χ4n) is 1.82. The molecule has 0 aliphatic heterocycles. The van der Waals surface area contributed by atoms with Crippen LogP contribution >= 0.6 is 23.1 Å². The predicted octanol–water partition coefficient (Wildman–Crippen LogP) is 4.04. The molecule has 0 aliphatic carbocycles. The normalized spacial score (nSPS) is 10.6. The van der Waals surface area contributed by atoms with Crippen molar-refractivity contribution >= 4 is 28.2 Å². The molecule has 0 saturated heterocycles. The van der Waals surface area contributed by atoms with E-state index in [0.717, 1.165) is 26.7 Å². The summed E-state index contributed by atoms with van der Waals surface area (Å²) in [4.78, 5) is 0. The SMILES string of the molecule is COc1cccc(CSc2nnc(NCc3ccco3)s2)c1. The van der Waals surface area contributed by atoms with Gasteiger partial charge in [0.1, 0.15) is 11.5 Å². The monoisotopic (exact) mass is 333 g/mol. The number of anilines is 1. The molecule has 0 unspecified atom stereocenters. The molecule has 0 fully saturated rings. The minimum absolute atomic E-state index is 0.613. The van der Waals surface area contributed by atoms with Gasteiger partial charge >= 0.3 is 0 Å². The van der Waals surface area contributed by atoms with Crippen molar-refractivity contribution in [3.8, 4) is 5.75 Å². The molecule has 3 aromatic rings. The maximum absolute atomic E-state index is 5.27. The van der Waals surface area contributed by atoms with Gasteiger partial charge in [0, 0.05) is 5.75 Å². The van der Waals surface area contributed by atoms with Crippen molar-refractivity contribution in [3.63, 3.8) is 0 Å². The lowest BCUT2D eigenvalue weighted by atomic mass is 10.2. The Balaban J connectivity index is 1.52. The molecule has 7 heteroatoms. The van der Waals surface area contributed by atoms with Gasteiger partial charge in [0.05, 0.1) is 19.9 Å². The summed E-state index contributed by atoms with van der Waals surface area (Å²) in [6, 6.07) is 11.8. The molecule has 2 heterocycles. The van der Waals surface area contributed by atoms with Gasteiger partial charge in [0.2, 0.25) is 5.13 Å². The lowest BCUT2D eigenvalue weighted by molar-refractivity contribution is 0.414. The summed E-state index contributed by atoms with van der Waals surface area (Å²) < 4.78 is 11.4. The van der Waals surface area contributed by atoms with E-state index >= 15 is 0 Å². The molecule has 22 heavy (non-hydrogen) atoms. The average Bonchev–Trinajstić information content (AvgIpc) is 3.22. The number of nitrogens with one attached hydrogen (secondary N) is 1. The van der Waals surface area contributed by atoms with E-state index in [0.29, 0.717) is 6.54 Å². The molecule has 0 radical (unpaired) electrons. The van der Waals surface area contributed by atoms with Crippen molar-refractivity contribution in [3.05, 3.63) is 54.0 Å². The highest BCUT2D eigenvalue weighted by Gasteiger charge is 2.06. The van der Waals surface area contributed by atoms with Crippen molar-refractivity contribution in [2.24, 2.45) is 0 Å². The molecule has 1 N–H and O–H groups in total. The molecule has 0 spiro atoms. The van der Waals surface area contributed by atoms with Crippen molar-refractivity contribution in [1.82, 2.24) is 10.2 Å². The smallest absolute Gasteiger partial charge is 0.206 e. The second-order valence-corrected chi connectivity index (χ2v) is 6.65. The number of methoxy groups -OCH3 is 1. The van der Waals surface area contributed by atoms with Crippen LogP contribution in [0.2, 0.25) is 0 Å². The van der Waals surface area contributed by atoms with Gasteiger partial charge in [-0.2, -0.15) is 0 Å². The Bertz CT molecular complexity index is 713. The Morgan fingerprint density at radius 3 is 3.05 bits per heavy atom. The molecule has 2 aromatic heterocycles. The van der Waals surface area contributed by atoms with E-state index in [4.69, 9.17) is 9.15 Å². The number of ether oxygens (including phenoxy) is 1. The maximum Gasteiger partial charge on any atom is 0.206 e. The Labute approximate surface area is 136 Å². The average molecular weight is 333 g/mol. The maximum atomic E-state index is 5.27. The molecule has 0 bridgehead atoms. The minimum atomic E-state index is 0.613. The van der Waals surface area contributed by atoms with Gasteiger partial charge in [-0.15, -0.1) is 10.2 Å². The van der Waals surface area contributed by atoms with Gasteiger partial charge in [0.25, 0.3) is 0 Å². The summed E-state index contributed by atoms with van der Waals surface area (Å²) in [7, 11) is 1.67. The number of thioether (sulfide) groups is 1. The zero-order valence-corrected chi connectivity index (χ0v) is 13.6. The van der Waals surface area contributed by atoms with Gasteiger partial charge in [-0.1, -0.05) is 35.2 Å². The third-order valence-electron chi connectivity index (χ3n) is 2.90. The lowest BCUT2D eigenvalue weighted by Gasteiger charge is -2.02. The molecular formula is C15H15N3O2S2. The first-order valence-corrected chi connectivity index (χ1v) is 8.49. The Kier molecular flexibility index (Phi) is 4.97. The molecular weight excluding hydrogens is 318 g/mol. The first-order valence-electron chi connectivity index (χ1n) is 6.69. The Morgan fingerprint density at radius 1 is 1.27 bits per heavy atom. The minimum Gasteiger partial charge on any atom is -0.497 e. The van der Waals surface area contributed by atoms with E-state index in [2.05, 4.69) is 21.6 Å². The van der Waals surface area contributed by atoms with Crippen LogP contribution in [0.1, 0.15) is 11.3 Å². The largest absolute Gasteiger partial charge is 0.497 e. The van der Waals surface area contributed by atoms with Crippen molar-refractivity contribution in [2.75, 3.05) is 12.4 Å². The summed E-state index contributed by atoms with van der Waals surface area (Å²) in [5.74, 6) is 2.58. The van der Waals surface area contributed by atoms with Crippen LogP contribution in [0.3, 0.4) is 0 Å². The Hall–Kier alpha value is -1.99. The van der Waals surface area contributed by atoms with E-state index in [1.165, 1.54) is 5.56 Å². The molecule has 0 amide bonds. The molecule has 114 valence electrons. The van der Waals surface area contributed by atoms with Gasteiger partial charge < -0.3 is 14.5 Å². The third kappa shape index (κ3) is 4.02.